The van der Waals surface area contributed by atoms with Crippen molar-refractivity contribution < 1.29 is 0 Å². The molecule has 2 heteroatoms. The van der Waals surface area contributed by atoms with Gasteiger partial charge in [0.25, 0.3) is 0 Å². The van der Waals surface area contributed by atoms with E-state index in [1.165, 1.54) is 62.7 Å². The molecule has 1 heterocycles. The molecule has 1 aromatic rings. The SMILES string of the molecule is CCCCCCC(N)c1cc2c(s1)CCCC2. The normalized spacial score (nSPS) is 16.8. The number of nitrogens with two attached hydrogens (primary N) is 1. The lowest BCUT2D eigenvalue weighted by molar-refractivity contribution is 0.571. The van der Waals surface area contributed by atoms with Crippen molar-refractivity contribution in [2.24, 2.45) is 5.73 Å². The highest BCUT2D eigenvalue weighted by Gasteiger charge is 2.16. The summed E-state index contributed by atoms with van der Waals surface area (Å²) in [6, 6.07) is 2.69. The van der Waals surface area contributed by atoms with Crippen molar-refractivity contribution in [1.82, 2.24) is 0 Å². The van der Waals surface area contributed by atoms with Crippen LogP contribution < -0.4 is 5.73 Å². The lowest BCUT2D eigenvalue weighted by Crippen LogP contribution is -2.08. The van der Waals surface area contributed by atoms with E-state index < -0.39 is 0 Å². The van der Waals surface area contributed by atoms with E-state index in [2.05, 4.69) is 13.0 Å². The van der Waals surface area contributed by atoms with Crippen molar-refractivity contribution in [2.45, 2.75) is 70.8 Å². The number of thiophene rings is 1. The molecule has 0 amide bonds. The molecular formula is C15H25NS. The third-order valence-corrected chi connectivity index (χ3v) is 5.12. The molecule has 0 fully saturated rings. The van der Waals surface area contributed by atoms with Crippen LogP contribution >= 0.6 is 11.3 Å². The van der Waals surface area contributed by atoms with E-state index in [1.54, 1.807) is 10.4 Å². The number of aryl methyl sites for hydroxylation is 2. The number of rotatable bonds is 6. The summed E-state index contributed by atoms with van der Waals surface area (Å²) in [5.41, 5.74) is 7.90. The fourth-order valence-corrected chi connectivity index (χ4v) is 3.92. The average Bonchev–Trinajstić information content (AvgIpc) is 2.78. The van der Waals surface area contributed by atoms with E-state index in [0.717, 1.165) is 0 Å². The van der Waals surface area contributed by atoms with Crippen LogP contribution in [-0.4, -0.2) is 0 Å². The van der Waals surface area contributed by atoms with Crippen molar-refractivity contribution in [3.8, 4) is 0 Å². The van der Waals surface area contributed by atoms with Crippen molar-refractivity contribution in [3.05, 3.63) is 21.4 Å². The van der Waals surface area contributed by atoms with Gasteiger partial charge in [-0.1, -0.05) is 32.6 Å². The number of unbranched alkanes of at least 4 members (excludes halogenated alkanes) is 3. The Morgan fingerprint density at radius 3 is 2.82 bits per heavy atom. The molecule has 0 spiro atoms. The van der Waals surface area contributed by atoms with Crippen LogP contribution in [-0.2, 0) is 12.8 Å². The lowest BCUT2D eigenvalue weighted by Gasteiger charge is -2.08. The molecule has 2 rings (SSSR count). The van der Waals surface area contributed by atoms with Crippen LogP contribution in [0.5, 0.6) is 0 Å². The van der Waals surface area contributed by atoms with Gasteiger partial charge in [-0.25, -0.2) is 0 Å². The summed E-state index contributed by atoms with van der Waals surface area (Å²) >= 11 is 1.98. The first-order chi connectivity index (χ1) is 8.31. The van der Waals surface area contributed by atoms with E-state index >= 15 is 0 Å². The summed E-state index contributed by atoms with van der Waals surface area (Å²) in [5, 5.41) is 0. The van der Waals surface area contributed by atoms with Gasteiger partial charge in [-0.05, 0) is 43.7 Å². The molecule has 96 valence electrons. The number of hydrogen-bond donors (Lipinski definition) is 1. The summed E-state index contributed by atoms with van der Waals surface area (Å²) in [6.45, 7) is 2.26. The van der Waals surface area contributed by atoms with Crippen LogP contribution in [0.4, 0.5) is 0 Å². The van der Waals surface area contributed by atoms with E-state index in [1.807, 2.05) is 11.3 Å². The van der Waals surface area contributed by atoms with E-state index in [9.17, 15) is 0 Å². The van der Waals surface area contributed by atoms with Crippen molar-refractivity contribution in [2.75, 3.05) is 0 Å². The monoisotopic (exact) mass is 251 g/mol. The highest BCUT2D eigenvalue weighted by Crippen LogP contribution is 2.33. The Balaban J connectivity index is 1.86. The summed E-state index contributed by atoms with van der Waals surface area (Å²) in [5.74, 6) is 0. The van der Waals surface area contributed by atoms with Gasteiger partial charge in [0, 0.05) is 15.8 Å². The second-order valence-electron chi connectivity index (χ2n) is 5.26. The molecule has 0 saturated carbocycles. The summed E-state index contributed by atoms with van der Waals surface area (Å²) in [6.07, 6.45) is 11.8. The molecule has 0 aliphatic heterocycles. The van der Waals surface area contributed by atoms with Gasteiger partial charge in [-0.2, -0.15) is 0 Å². The molecular weight excluding hydrogens is 226 g/mol. The smallest absolute Gasteiger partial charge is 0.0389 e. The van der Waals surface area contributed by atoms with Gasteiger partial charge in [-0.3, -0.25) is 0 Å². The summed E-state index contributed by atoms with van der Waals surface area (Å²) < 4.78 is 0. The molecule has 1 unspecified atom stereocenters. The maximum atomic E-state index is 6.30. The largest absolute Gasteiger partial charge is 0.323 e. The first-order valence-corrected chi connectivity index (χ1v) is 8.00. The maximum Gasteiger partial charge on any atom is 0.0389 e. The van der Waals surface area contributed by atoms with Gasteiger partial charge in [-0.15, -0.1) is 11.3 Å². The molecule has 0 bridgehead atoms. The van der Waals surface area contributed by atoms with Crippen LogP contribution in [0.2, 0.25) is 0 Å². The van der Waals surface area contributed by atoms with Gasteiger partial charge in [0.05, 0.1) is 0 Å². The molecule has 0 radical (unpaired) electrons. The topological polar surface area (TPSA) is 26.0 Å². The van der Waals surface area contributed by atoms with E-state index in [0.29, 0.717) is 6.04 Å². The highest BCUT2D eigenvalue weighted by molar-refractivity contribution is 7.12. The molecule has 2 N–H and O–H groups in total. The molecule has 1 aromatic heterocycles. The standard InChI is InChI=1S/C15H25NS/c1-2-3-4-5-9-13(16)15-11-12-8-6-7-10-14(12)17-15/h11,13H,2-10,16H2,1H3. The lowest BCUT2D eigenvalue weighted by atomic mass is 9.98. The number of hydrogen-bond acceptors (Lipinski definition) is 2. The molecule has 1 atom stereocenters. The second-order valence-corrected chi connectivity index (χ2v) is 6.43. The summed E-state index contributed by atoms with van der Waals surface area (Å²) in [7, 11) is 0. The Morgan fingerprint density at radius 2 is 2.06 bits per heavy atom. The van der Waals surface area contributed by atoms with Crippen LogP contribution in [0.15, 0.2) is 6.07 Å². The van der Waals surface area contributed by atoms with Crippen molar-refractivity contribution in [1.29, 1.82) is 0 Å². The minimum Gasteiger partial charge on any atom is -0.323 e. The van der Waals surface area contributed by atoms with Gasteiger partial charge >= 0.3 is 0 Å². The highest BCUT2D eigenvalue weighted by atomic mass is 32.1. The van der Waals surface area contributed by atoms with E-state index in [4.69, 9.17) is 5.73 Å². The Labute approximate surface area is 109 Å². The quantitative estimate of drug-likeness (QED) is 0.735. The van der Waals surface area contributed by atoms with Crippen LogP contribution in [0, 0.1) is 0 Å². The fraction of sp³-hybridized carbons (Fsp3) is 0.733. The maximum absolute atomic E-state index is 6.30. The Hall–Kier alpha value is -0.340. The Morgan fingerprint density at radius 1 is 1.24 bits per heavy atom. The molecule has 1 aliphatic carbocycles. The van der Waals surface area contributed by atoms with Crippen molar-refractivity contribution in [3.63, 3.8) is 0 Å². The predicted octanol–water partition coefficient (Wildman–Crippen LogP) is 4.60. The minimum atomic E-state index is 0.294. The van der Waals surface area contributed by atoms with Crippen molar-refractivity contribution >= 4 is 11.3 Å². The fourth-order valence-electron chi connectivity index (χ4n) is 2.63. The first-order valence-electron chi connectivity index (χ1n) is 7.18. The molecule has 0 saturated heterocycles. The predicted molar refractivity (Wildman–Crippen MR) is 76.6 cm³/mol. The summed E-state index contributed by atoms with van der Waals surface area (Å²) in [4.78, 5) is 3.06. The van der Waals surface area contributed by atoms with Gasteiger partial charge in [0.1, 0.15) is 0 Å². The molecule has 1 nitrogen and oxygen atoms in total. The average molecular weight is 251 g/mol. The zero-order chi connectivity index (χ0) is 12.1. The third-order valence-electron chi connectivity index (χ3n) is 3.75. The molecule has 1 aliphatic rings. The zero-order valence-electron chi connectivity index (χ0n) is 11.0. The van der Waals surface area contributed by atoms with Gasteiger partial charge in [0.2, 0.25) is 0 Å². The van der Waals surface area contributed by atoms with E-state index in [-0.39, 0.29) is 0 Å². The van der Waals surface area contributed by atoms with Gasteiger partial charge in [0.15, 0.2) is 0 Å². The van der Waals surface area contributed by atoms with Crippen LogP contribution in [0.25, 0.3) is 0 Å². The number of fused-ring (bicyclic) bond motifs is 1. The van der Waals surface area contributed by atoms with Crippen LogP contribution in [0.3, 0.4) is 0 Å². The Kier molecular flexibility index (Phi) is 5.05. The molecule has 0 aromatic carbocycles. The molecule has 17 heavy (non-hydrogen) atoms. The minimum absolute atomic E-state index is 0.294. The zero-order valence-corrected chi connectivity index (χ0v) is 11.8. The van der Waals surface area contributed by atoms with Crippen LogP contribution in [0.1, 0.15) is 73.2 Å². The Bertz CT molecular complexity index is 319. The first kappa shape index (κ1) is 13.1. The second kappa shape index (κ2) is 6.55. The third kappa shape index (κ3) is 3.56. The van der Waals surface area contributed by atoms with Gasteiger partial charge < -0.3 is 5.73 Å².